The van der Waals surface area contributed by atoms with E-state index in [1.165, 1.54) is 0 Å². The molecular weight excluding hydrogens is 355 g/mol. The second-order valence-electron chi connectivity index (χ2n) is 6.00. The zero-order valence-corrected chi connectivity index (χ0v) is 14.8. The van der Waals surface area contributed by atoms with E-state index in [4.69, 9.17) is 23.2 Å². The van der Waals surface area contributed by atoms with Crippen molar-refractivity contribution in [1.29, 1.82) is 0 Å². The first-order valence-corrected chi connectivity index (χ1v) is 8.86. The third-order valence-corrected chi connectivity index (χ3v) is 4.45. The van der Waals surface area contributed by atoms with Gasteiger partial charge >= 0.3 is 0 Å². The molecule has 0 radical (unpaired) electrons. The third kappa shape index (κ3) is 4.03. The predicted octanol–water partition coefficient (Wildman–Crippen LogP) is 5.77. The lowest BCUT2D eigenvalue weighted by Gasteiger charge is -2.12. The summed E-state index contributed by atoms with van der Waals surface area (Å²) in [6.45, 7) is 0. The maximum absolute atomic E-state index is 6.26. The lowest BCUT2D eigenvalue weighted by atomic mass is 10.1. The van der Waals surface area contributed by atoms with Gasteiger partial charge in [0.05, 0.1) is 16.4 Å². The highest BCUT2D eigenvalue weighted by molar-refractivity contribution is 6.36. The van der Waals surface area contributed by atoms with Gasteiger partial charge in [-0.2, -0.15) is 4.98 Å². The molecule has 0 unspecified atom stereocenters. The van der Waals surface area contributed by atoms with Crippen molar-refractivity contribution in [2.75, 3.05) is 10.6 Å². The number of nitrogens with zero attached hydrogens (tertiary/aromatic N) is 2. The minimum absolute atomic E-state index is 0.470. The first kappa shape index (κ1) is 16.2. The highest BCUT2D eigenvalue weighted by atomic mass is 35.5. The molecule has 0 spiro atoms. The molecule has 1 aliphatic rings. The van der Waals surface area contributed by atoms with E-state index < -0.39 is 0 Å². The van der Waals surface area contributed by atoms with Crippen LogP contribution in [0.3, 0.4) is 0 Å². The summed E-state index contributed by atoms with van der Waals surface area (Å²) in [5.41, 5.74) is 2.64. The molecule has 3 aromatic rings. The van der Waals surface area contributed by atoms with Crippen LogP contribution in [0.15, 0.2) is 54.6 Å². The topological polar surface area (TPSA) is 49.8 Å². The summed E-state index contributed by atoms with van der Waals surface area (Å²) in [6.07, 6.45) is 2.31. The smallest absolute Gasteiger partial charge is 0.225 e. The molecule has 1 aromatic heterocycles. The van der Waals surface area contributed by atoms with Crippen molar-refractivity contribution in [2.45, 2.75) is 18.9 Å². The van der Waals surface area contributed by atoms with Crippen LogP contribution in [0.4, 0.5) is 17.5 Å². The van der Waals surface area contributed by atoms with E-state index in [0.717, 1.165) is 29.8 Å². The lowest BCUT2D eigenvalue weighted by Crippen LogP contribution is -2.07. The van der Waals surface area contributed by atoms with Gasteiger partial charge < -0.3 is 10.6 Å². The Morgan fingerprint density at radius 2 is 1.72 bits per heavy atom. The van der Waals surface area contributed by atoms with Gasteiger partial charge in [0, 0.05) is 22.7 Å². The van der Waals surface area contributed by atoms with Crippen LogP contribution in [-0.4, -0.2) is 16.0 Å². The average Bonchev–Trinajstić information content (AvgIpc) is 3.42. The van der Waals surface area contributed by atoms with E-state index in [1.807, 2.05) is 42.5 Å². The number of anilines is 3. The van der Waals surface area contributed by atoms with Crippen LogP contribution in [0.1, 0.15) is 12.8 Å². The van der Waals surface area contributed by atoms with E-state index in [-0.39, 0.29) is 0 Å². The molecule has 0 saturated heterocycles. The summed E-state index contributed by atoms with van der Waals surface area (Å²) in [5.74, 6) is 1.30. The third-order valence-electron chi connectivity index (χ3n) is 3.90. The largest absolute Gasteiger partial charge is 0.351 e. The highest BCUT2D eigenvalue weighted by Gasteiger charge is 2.22. The van der Waals surface area contributed by atoms with Gasteiger partial charge in [0.2, 0.25) is 5.95 Å². The Kier molecular flexibility index (Phi) is 4.47. The van der Waals surface area contributed by atoms with Crippen LogP contribution < -0.4 is 10.6 Å². The Morgan fingerprint density at radius 1 is 0.920 bits per heavy atom. The van der Waals surface area contributed by atoms with Crippen LogP contribution in [-0.2, 0) is 0 Å². The summed E-state index contributed by atoms with van der Waals surface area (Å²) in [5, 5.41) is 7.76. The van der Waals surface area contributed by atoms with E-state index in [2.05, 4.69) is 20.6 Å². The van der Waals surface area contributed by atoms with Gasteiger partial charge in [-0.1, -0.05) is 53.5 Å². The monoisotopic (exact) mass is 370 g/mol. The molecule has 25 heavy (non-hydrogen) atoms. The summed E-state index contributed by atoms with van der Waals surface area (Å²) in [4.78, 5) is 9.22. The van der Waals surface area contributed by atoms with Crippen LogP contribution in [0.5, 0.6) is 0 Å². The molecule has 2 N–H and O–H groups in total. The van der Waals surface area contributed by atoms with Crippen molar-refractivity contribution < 1.29 is 0 Å². The van der Waals surface area contributed by atoms with E-state index in [9.17, 15) is 0 Å². The number of hydrogen-bond donors (Lipinski definition) is 2. The standard InChI is InChI=1S/C19H16Cl2N4/c20-13-6-9-16(15(21)10-13)23-18-11-17(12-4-2-1-3-5-12)24-19(25-18)22-14-7-8-14/h1-6,9-11,14H,7-8H2,(H2,22,23,24,25). The molecule has 1 saturated carbocycles. The number of nitrogens with one attached hydrogen (secondary N) is 2. The zero-order chi connectivity index (χ0) is 17.2. The molecule has 126 valence electrons. The van der Waals surface area contributed by atoms with E-state index >= 15 is 0 Å². The molecule has 0 bridgehead atoms. The molecule has 1 heterocycles. The van der Waals surface area contributed by atoms with E-state index in [1.54, 1.807) is 12.1 Å². The summed E-state index contributed by atoms with van der Waals surface area (Å²) < 4.78 is 0. The van der Waals surface area contributed by atoms with Gasteiger partial charge in [-0.25, -0.2) is 4.98 Å². The highest BCUT2D eigenvalue weighted by Crippen LogP contribution is 2.30. The second kappa shape index (κ2) is 6.90. The van der Waals surface area contributed by atoms with Crippen LogP contribution in [0.2, 0.25) is 10.0 Å². The molecule has 1 fully saturated rings. The van der Waals surface area contributed by atoms with Gasteiger partial charge in [0.15, 0.2) is 0 Å². The van der Waals surface area contributed by atoms with E-state index in [0.29, 0.717) is 27.9 Å². The molecule has 0 atom stereocenters. The Labute approximate surface area is 156 Å². The SMILES string of the molecule is Clc1ccc(Nc2cc(-c3ccccc3)nc(NC3CC3)n2)c(Cl)c1. The Bertz CT molecular complexity index is 895. The molecule has 4 nitrogen and oxygen atoms in total. The van der Waals surface area contributed by atoms with Crippen molar-refractivity contribution in [3.8, 4) is 11.3 Å². The number of benzene rings is 2. The second-order valence-corrected chi connectivity index (χ2v) is 6.84. The predicted molar refractivity (Wildman–Crippen MR) is 104 cm³/mol. The number of rotatable bonds is 5. The van der Waals surface area contributed by atoms with Crippen molar-refractivity contribution in [3.63, 3.8) is 0 Å². The Hall–Kier alpha value is -2.30. The zero-order valence-electron chi connectivity index (χ0n) is 13.3. The number of aromatic nitrogens is 2. The molecule has 2 aromatic carbocycles. The molecular formula is C19H16Cl2N4. The number of hydrogen-bond acceptors (Lipinski definition) is 4. The summed E-state index contributed by atoms with van der Waals surface area (Å²) >= 11 is 12.2. The van der Waals surface area contributed by atoms with Gasteiger partial charge in [0.1, 0.15) is 5.82 Å². The maximum atomic E-state index is 6.26. The van der Waals surface area contributed by atoms with Crippen molar-refractivity contribution >= 4 is 40.7 Å². The fourth-order valence-electron chi connectivity index (χ4n) is 2.47. The minimum atomic E-state index is 0.470. The van der Waals surface area contributed by atoms with Crippen LogP contribution in [0, 0.1) is 0 Å². The molecule has 6 heteroatoms. The fraction of sp³-hybridized carbons (Fsp3) is 0.158. The Balaban J connectivity index is 1.70. The quantitative estimate of drug-likeness (QED) is 0.598. The van der Waals surface area contributed by atoms with Gasteiger partial charge in [0.25, 0.3) is 0 Å². The molecule has 1 aliphatic carbocycles. The van der Waals surface area contributed by atoms with Gasteiger partial charge in [-0.3, -0.25) is 0 Å². The average molecular weight is 371 g/mol. The van der Waals surface area contributed by atoms with Crippen molar-refractivity contribution in [1.82, 2.24) is 9.97 Å². The maximum Gasteiger partial charge on any atom is 0.225 e. The van der Waals surface area contributed by atoms with Crippen molar-refractivity contribution in [3.05, 3.63) is 64.6 Å². The summed E-state index contributed by atoms with van der Waals surface area (Å²) in [7, 11) is 0. The van der Waals surface area contributed by atoms with Crippen LogP contribution in [0.25, 0.3) is 11.3 Å². The van der Waals surface area contributed by atoms with Gasteiger partial charge in [-0.15, -0.1) is 0 Å². The minimum Gasteiger partial charge on any atom is -0.351 e. The normalized spacial score (nSPS) is 13.5. The number of halogens is 2. The van der Waals surface area contributed by atoms with Gasteiger partial charge in [-0.05, 0) is 31.0 Å². The van der Waals surface area contributed by atoms with Crippen LogP contribution >= 0.6 is 23.2 Å². The fourth-order valence-corrected chi connectivity index (χ4v) is 2.93. The lowest BCUT2D eigenvalue weighted by molar-refractivity contribution is 1.06. The summed E-state index contributed by atoms with van der Waals surface area (Å²) in [6, 6.07) is 17.8. The van der Waals surface area contributed by atoms with Crippen molar-refractivity contribution in [2.24, 2.45) is 0 Å². The first-order chi connectivity index (χ1) is 12.2. The Morgan fingerprint density at radius 3 is 2.44 bits per heavy atom. The molecule has 4 rings (SSSR count). The first-order valence-electron chi connectivity index (χ1n) is 8.10. The molecule has 0 aliphatic heterocycles. The molecule has 0 amide bonds.